The lowest BCUT2D eigenvalue weighted by atomic mass is 10.1. The maximum absolute atomic E-state index is 12.0. The number of carbonyl (C=O) groups is 1. The number of anilines is 1. The van der Waals surface area contributed by atoms with E-state index < -0.39 is 0 Å². The molecule has 0 aliphatic rings. The van der Waals surface area contributed by atoms with Crippen molar-refractivity contribution < 1.29 is 9.32 Å². The van der Waals surface area contributed by atoms with E-state index in [1.807, 2.05) is 19.1 Å². The zero-order chi connectivity index (χ0) is 14.4. The van der Waals surface area contributed by atoms with Gasteiger partial charge in [0.15, 0.2) is 5.82 Å². The van der Waals surface area contributed by atoms with Gasteiger partial charge in [0.05, 0.1) is 6.54 Å². The average Bonchev–Trinajstić information content (AvgIpc) is 2.96. The van der Waals surface area contributed by atoms with E-state index in [9.17, 15) is 4.79 Å². The van der Waals surface area contributed by atoms with Gasteiger partial charge in [0.1, 0.15) is 0 Å². The van der Waals surface area contributed by atoms with Crippen LogP contribution in [-0.4, -0.2) is 22.6 Å². The Kier molecular flexibility index (Phi) is 4.70. The van der Waals surface area contributed by atoms with Gasteiger partial charge in [0, 0.05) is 17.8 Å². The van der Waals surface area contributed by atoms with Crippen molar-refractivity contribution in [2.75, 3.05) is 11.9 Å². The van der Waals surface area contributed by atoms with Crippen molar-refractivity contribution in [2.24, 2.45) is 0 Å². The molecule has 2 N–H and O–H groups in total. The van der Waals surface area contributed by atoms with E-state index in [4.69, 9.17) is 0 Å². The van der Waals surface area contributed by atoms with Gasteiger partial charge in [-0.1, -0.05) is 12.1 Å². The molecule has 106 valence electrons. The van der Waals surface area contributed by atoms with Crippen LogP contribution in [0.1, 0.15) is 35.1 Å². The Morgan fingerprint density at radius 1 is 1.40 bits per heavy atom. The number of hydrogen-bond acceptors (Lipinski definition) is 5. The first kappa shape index (κ1) is 14.0. The Labute approximate surface area is 117 Å². The molecular weight excluding hydrogens is 256 g/mol. The molecule has 0 unspecified atom stereocenters. The summed E-state index contributed by atoms with van der Waals surface area (Å²) >= 11 is 0. The molecular formula is C14H18N4O2. The molecule has 6 nitrogen and oxygen atoms in total. The molecule has 0 fully saturated rings. The molecule has 1 heterocycles. The quantitative estimate of drug-likeness (QED) is 0.843. The zero-order valence-electron chi connectivity index (χ0n) is 11.6. The van der Waals surface area contributed by atoms with Gasteiger partial charge in [-0.3, -0.25) is 4.79 Å². The minimum Gasteiger partial charge on any atom is -0.385 e. The molecule has 6 heteroatoms. The number of amides is 1. The molecule has 0 atom stereocenters. The van der Waals surface area contributed by atoms with Gasteiger partial charge in [-0.2, -0.15) is 4.98 Å². The SMILES string of the molecule is CCCNc1ccc(C(=O)NCc2ncon2)cc1C. The third kappa shape index (κ3) is 3.57. The first-order chi connectivity index (χ1) is 9.70. The van der Waals surface area contributed by atoms with Crippen LogP contribution in [0.2, 0.25) is 0 Å². The topological polar surface area (TPSA) is 80.0 Å². The maximum Gasteiger partial charge on any atom is 0.251 e. The van der Waals surface area contributed by atoms with E-state index in [2.05, 4.69) is 32.2 Å². The summed E-state index contributed by atoms with van der Waals surface area (Å²) in [6.45, 7) is 5.27. The minimum atomic E-state index is -0.153. The van der Waals surface area contributed by atoms with Crippen molar-refractivity contribution in [3.8, 4) is 0 Å². The van der Waals surface area contributed by atoms with Crippen molar-refractivity contribution in [3.63, 3.8) is 0 Å². The Hall–Kier alpha value is -2.37. The molecule has 1 aromatic carbocycles. The van der Waals surface area contributed by atoms with Crippen LogP contribution in [0.5, 0.6) is 0 Å². The summed E-state index contributed by atoms with van der Waals surface area (Å²) in [5, 5.41) is 9.70. The Morgan fingerprint density at radius 2 is 2.25 bits per heavy atom. The third-order valence-corrected chi connectivity index (χ3v) is 2.87. The molecule has 1 amide bonds. The number of aryl methyl sites for hydroxylation is 1. The van der Waals surface area contributed by atoms with Crippen LogP contribution in [0.15, 0.2) is 29.1 Å². The van der Waals surface area contributed by atoms with E-state index >= 15 is 0 Å². The number of carbonyl (C=O) groups excluding carboxylic acids is 1. The molecule has 0 saturated heterocycles. The highest BCUT2D eigenvalue weighted by Gasteiger charge is 2.08. The zero-order valence-corrected chi connectivity index (χ0v) is 11.6. The summed E-state index contributed by atoms with van der Waals surface area (Å²) in [5.41, 5.74) is 2.72. The second-order valence-electron chi connectivity index (χ2n) is 4.49. The predicted molar refractivity (Wildman–Crippen MR) is 75.4 cm³/mol. The Bertz CT molecular complexity index is 567. The fourth-order valence-corrected chi connectivity index (χ4v) is 1.79. The van der Waals surface area contributed by atoms with Crippen LogP contribution in [0.3, 0.4) is 0 Å². The van der Waals surface area contributed by atoms with Crippen molar-refractivity contribution in [1.82, 2.24) is 15.5 Å². The number of nitrogens with zero attached hydrogens (tertiary/aromatic N) is 2. The number of aromatic nitrogens is 2. The summed E-state index contributed by atoms with van der Waals surface area (Å²) in [5.74, 6) is 0.302. The van der Waals surface area contributed by atoms with Gasteiger partial charge >= 0.3 is 0 Å². The van der Waals surface area contributed by atoms with E-state index in [0.717, 1.165) is 24.2 Å². The van der Waals surface area contributed by atoms with Gasteiger partial charge in [-0.25, -0.2) is 0 Å². The summed E-state index contributed by atoms with van der Waals surface area (Å²) in [6, 6.07) is 5.59. The molecule has 0 radical (unpaired) electrons. The molecule has 1 aromatic heterocycles. The molecule has 0 aliphatic carbocycles. The lowest BCUT2D eigenvalue weighted by Gasteiger charge is -2.10. The monoisotopic (exact) mass is 274 g/mol. The highest BCUT2D eigenvalue weighted by Crippen LogP contribution is 2.16. The van der Waals surface area contributed by atoms with Gasteiger partial charge in [-0.15, -0.1) is 0 Å². The number of hydrogen-bond donors (Lipinski definition) is 2. The summed E-state index contributed by atoms with van der Waals surface area (Å²) in [7, 11) is 0. The standard InChI is InChI=1S/C14H18N4O2/c1-3-6-15-12-5-4-11(7-10(12)2)14(19)16-8-13-17-9-20-18-13/h4-5,7,9,15H,3,6,8H2,1-2H3,(H,16,19). The highest BCUT2D eigenvalue weighted by molar-refractivity contribution is 5.94. The summed E-state index contributed by atoms with van der Waals surface area (Å²) < 4.78 is 4.60. The van der Waals surface area contributed by atoms with Crippen LogP contribution >= 0.6 is 0 Å². The van der Waals surface area contributed by atoms with Gasteiger partial charge in [-0.05, 0) is 37.1 Å². The molecule has 0 bridgehead atoms. The maximum atomic E-state index is 12.0. The number of nitrogens with one attached hydrogen (secondary N) is 2. The molecule has 0 aliphatic heterocycles. The first-order valence-corrected chi connectivity index (χ1v) is 6.58. The molecule has 0 saturated carbocycles. The van der Waals surface area contributed by atoms with E-state index in [0.29, 0.717) is 11.4 Å². The van der Waals surface area contributed by atoms with Crippen LogP contribution in [-0.2, 0) is 6.54 Å². The Morgan fingerprint density at radius 3 is 2.90 bits per heavy atom. The molecule has 20 heavy (non-hydrogen) atoms. The van der Waals surface area contributed by atoms with Crippen LogP contribution in [0, 0.1) is 6.92 Å². The van der Waals surface area contributed by atoms with Crippen molar-refractivity contribution in [2.45, 2.75) is 26.8 Å². The second-order valence-corrected chi connectivity index (χ2v) is 4.49. The smallest absolute Gasteiger partial charge is 0.251 e. The average molecular weight is 274 g/mol. The summed E-state index contributed by atoms with van der Waals surface area (Å²) in [6.07, 6.45) is 2.30. The highest BCUT2D eigenvalue weighted by atomic mass is 16.5. The van der Waals surface area contributed by atoms with Crippen LogP contribution in [0.4, 0.5) is 5.69 Å². The van der Waals surface area contributed by atoms with Gasteiger partial charge in [0.25, 0.3) is 5.91 Å². The van der Waals surface area contributed by atoms with Gasteiger partial charge < -0.3 is 15.2 Å². The number of rotatable bonds is 6. The Balaban J connectivity index is 1.97. The summed E-state index contributed by atoms with van der Waals surface area (Å²) in [4.78, 5) is 15.8. The second kappa shape index (κ2) is 6.70. The van der Waals surface area contributed by atoms with Crippen molar-refractivity contribution in [1.29, 1.82) is 0 Å². The van der Waals surface area contributed by atoms with Crippen molar-refractivity contribution >= 4 is 11.6 Å². The molecule has 2 rings (SSSR count). The van der Waals surface area contributed by atoms with Crippen molar-refractivity contribution in [3.05, 3.63) is 41.5 Å². The molecule has 0 spiro atoms. The fraction of sp³-hybridized carbons (Fsp3) is 0.357. The minimum absolute atomic E-state index is 0.153. The van der Waals surface area contributed by atoms with Gasteiger partial charge in [0.2, 0.25) is 6.39 Å². The van der Waals surface area contributed by atoms with E-state index in [1.165, 1.54) is 6.39 Å². The third-order valence-electron chi connectivity index (χ3n) is 2.87. The predicted octanol–water partition coefficient (Wildman–Crippen LogP) is 2.13. The molecule has 2 aromatic rings. The van der Waals surface area contributed by atoms with E-state index in [-0.39, 0.29) is 12.5 Å². The normalized spacial score (nSPS) is 10.3. The van der Waals surface area contributed by atoms with Crippen LogP contribution in [0.25, 0.3) is 0 Å². The number of benzene rings is 1. The lowest BCUT2D eigenvalue weighted by molar-refractivity contribution is 0.0949. The van der Waals surface area contributed by atoms with E-state index in [1.54, 1.807) is 6.07 Å². The fourth-order valence-electron chi connectivity index (χ4n) is 1.79. The largest absolute Gasteiger partial charge is 0.385 e. The van der Waals surface area contributed by atoms with Crippen LogP contribution < -0.4 is 10.6 Å². The lowest BCUT2D eigenvalue weighted by Crippen LogP contribution is -2.23. The first-order valence-electron chi connectivity index (χ1n) is 6.58.